The molecule has 0 aliphatic carbocycles. The molecule has 78 valence electrons. The van der Waals surface area contributed by atoms with Gasteiger partial charge in [-0.3, -0.25) is 0 Å². The Morgan fingerprint density at radius 1 is 1.50 bits per heavy atom. The molecule has 0 fully saturated rings. The molecule has 3 nitrogen and oxygen atoms in total. The summed E-state index contributed by atoms with van der Waals surface area (Å²) >= 11 is 1.36. The second-order valence-electron chi connectivity index (χ2n) is 3.36. The maximum absolute atomic E-state index is 5.94. The fraction of sp³-hybridized carbons (Fsp3) is 0.600. The largest absolute Gasteiger partial charge is 0.323 e. The molecular weight excluding hydrogens is 194 g/mol. The lowest BCUT2D eigenvalue weighted by atomic mass is 10.1. The Morgan fingerprint density at radius 3 is 3.00 bits per heavy atom. The molecule has 1 atom stereocenters. The van der Waals surface area contributed by atoms with Crippen molar-refractivity contribution in [2.24, 2.45) is 5.73 Å². The van der Waals surface area contributed by atoms with Crippen LogP contribution >= 0.6 is 11.5 Å². The summed E-state index contributed by atoms with van der Waals surface area (Å²) in [7, 11) is 0. The van der Waals surface area contributed by atoms with Gasteiger partial charge in [0.25, 0.3) is 0 Å². The first-order valence-electron chi connectivity index (χ1n) is 4.98. The average Bonchev–Trinajstić information content (AvgIpc) is 2.70. The first kappa shape index (κ1) is 11.3. The lowest BCUT2D eigenvalue weighted by molar-refractivity contribution is 0.562. The molecule has 0 spiro atoms. The minimum Gasteiger partial charge on any atom is -0.323 e. The zero-order valence-electron chi connectivity index (χ0n) is 8.35. The van der Waals surface area contributed by atoms with E-state index in [2.05, 4.69) is 16.2 Å². The average molecular weight is 211 g/mol. The van der Waals surface area contributed by atoms with Gasteiger partial charge in [0.05, 0.1) is 5.69 Å². The fourth-order valence-corrected chi connectivity index (χ4v) is 1.83. The highest BCUT2D eigenvalue weighted by Crippen LogP contribution is 2.16. The summed E-state index contributed by atoms with van der Waals surface area (Å²) in [6.45, 7) is 3.69. The van der Waals surface area contributed by atoms with Gasteiger partial charge >= 0.3 is 0 Å². The van der Waals surface area contributed by atoms with Gasteiger partial charge in [-0.1, -0.05) is 23.4 Å². The molecule has 4 heteroatoms. The molecule has 1 heterocycles. The third-order valence-corrected chi connectivity index (χ3v) is 2.70. The number of hydrogen-bond acceptors (Lipinski definition) is 4. The Balaban J connectivity index is 2.10. The molecular formula is C10H17N3S. The summed E-state index contributed by atoms with van der Waals surface area (Å²) in [5.74, 6) is 0. The smallest absolute Gasteiger partial charge is 0.0922 e. The van der Waals surface area contributed by atoms with Gasteiger partial charge in [-0.2, -0.15) is 0 Å². The predicted molar refractivity (Wildman–Crippen MR) is 60.1 cm³/mol. The Labute approximate surface area is 89.2 Å². The van der Waals surface area contributed by atoms with Gasteiger partial charge in [0.1, 0.15) is 0 Å². The highest BCUT2D eigenvalue weighted by molar-refractivity contribution is 7.03. The third kappa shape index (κ3) is 3.98. The van der Waals surface area contributed by atoms with Gasteiger partial charge in [-0.15, -0.1) is 11.7 Å². The van der Waals surface area contributed by atoms with Crippen molar-refractivity contribution in [1.29, 1.82) is 0 Å². The van der Waals surface area contributed by atoms with Gasteiger partial charge in [-0.05, 0) is 30.8 Å². The molecule has 2 N–H and O–H groups in total. The molecule has 0 bridgehead atoms. The number of rotatable bonds is 7. The second kappa shape index (κ2) is 6.68. The molecule has 0 saturated heterocycles. The lowest BCUT2D eigenvalue weighted by Gasteiger charge is -2.06. The number of nitrogens with two attached hydrogens (primary N) is 1. The number of hydrogen-bond donors (Lipinski definition) is 1. The van der Waals surface area contributed by atoms with E-state index in [-0.39, 0.29) is 6.04 Å². The van der Waals surface area contributed by atoms with Crippen LogP contribution in [0.4, 0.5) is 0 Å². The van der Waals surface area contributed by atoms with Crippen molar-refractivity contribution in [2.75, 3.05) is 0 Å². The highest BCUT2D eigenvalue weighted by Gasteiger charge is 2.07. The van der Waals surface area contributed by atoms with Gasteiger partial charge in [0.15, 0.2) is 0 Å². The normalized spacial score (nSPS) is 12.6. The van der Waals surface area contributed by atoms with Crippen molar-refractivity contribution in [3.63, 3.8) is 0 Å². The van der Waals surface area contributed by atoms with E-state index in [1.165, 1.54) is 24.4 Å². The summed E-state index contributed by atoms with van der Waals surface area (Å²) in [5.41, 5.74) is 6.87. The van der Waals surface area contributed by atoms with Crippen molar-refractivity contribution < 1.29 is 0 Å². The highest BCUT2D eigenvalue weighted by atomic mass is 32.1. The van der Waals surface area contributed by atoms with E-state index in [1.54, 1.807) is 0 Å². The zero-order valence-corrected chi connectivity index (χ0v) is 9.17. The first-order valence-corrected chi connectivity index (χ1v) is 5.81. The van der Waals surface area contributed by atoms with Gasteiger partial charge in [0, 0.05) is 11.4 Å². The van der Waals surface area contributed by atoms with Gasteiger partial charge in [-0.25, -0.2) is 0 Å². The van der Waals surface area contributed by atoms with E-state index in [9.17, 15) is 0 Å². The standard InChI is InChI=1S/C10H17N3S/c1-2-3-4-5-6-7-9(11)10-8-14-13-12-10/h2,8-9H,1,3-7,11H2. The van der Waals surface area contributed by atoms with Gasteiger partial charge < -0.3 is 5.73 Å². The Kier molecular flexibility index (Phi) is 5.40. The number of unbranched alkanes of at least 4 members (excludes halogenated alkanes) is 3. The maximum Gasteiger partial charge on any atom is 0.0922 e. The van der Waals surface area contributed by atoms with Crippen molar-refractivity contribution in [2.45, 2.75) is 38.1 Å². The van der Waals surface area contributed by atoms with Crippen LogP contribution in [-0.4, -0.2) is 9.59 Å². The van der Waals surface area contributed by atoms with E-state index < -0.39 is 0 Å². The van der Waals surface area contributed by atoms with Gasteiger partial charge in [0.2, 0.25) is 0 Å². The molecule has 0 aromatic carbocycles. The van der Waals surface area contributed by atoms with Crippen molar-refractivity contribution in [1.82, 2.24) is 9.59 Å². The second-order valence-corrected chi connectivity index (χ2v) is 3.97. The van der Waals surface area contributed by atoms with E-state index >= 15 is 0 Å². The van der Waals surface area contributed by atoms with E-state index in [1.807, 2.05) is 11.5 Å². The minimum absolute atomic E-state index is 0.0671. The predicted octanol–water partition coefficient (Wildman–Crippen LogP) is 2.67. The van der Waals surface area contributed by atoms with Crippen LogP contribution in [0.25, 0.3) is 0 Å². The van der Waals surface area contributed by atoms with Crippen LogP contribution in [0.5, 0.6) is 0 Å². The van der Waals surface area contributed by atoms with E-state index in [0.29, 0.717) is 0 Å². The van der Waals surface area contributed by atoms with Crippen molar-refractivity contribution >= 4 is 11.5 Å². The van der Waals surface area contributed by atoms with Crippen LogP contribution in [0.15, 0.2) is 18.0 Å². The maximum atomic E-state index is 5.94. The van der Waals surface area contributed by atoms with Crippen molar-refractivity contribution in [3.05, 3.63) is 23.7 Å². The quantitative estimate of drug-likeness (QED) is 0.557. The summed E-state index contributed by atoms with van der Waals surface area (Å²) in [4.78, 5) is 0. The lowest BCUT2D eigenvalue weighted by Crippen LogP contribution is -2.10. The van der Waals surface area contributed by atoms with Crippen LogP contribution in [0.2, 0.25) is 0 Å². The number of allylic oxidation sites excluding steroid dienone is 1. The van der Waals surface area contributed by atoms with Crippen LogP contribution in [0.3, 0.4) is 0 Å². The van der Waals surface area contributed by atoms with Crippen molar-refractivity contribution in [3.8, 4) is 0 Å². The van der Waals surface area contributed by atoms with Crippen LogP contribution < -0.4 is 5.73 Å². The molecule has 14 heavy (non-hydrogen) atoms. The summed E-state index contributed by atoms with van der Waals surface area (Å²) in [5, 5.41) is 5.88. The summed E-state index contributed by atoms with van der Waals surface area (Å²) in [6, 6.07) is 0.0671. The van der Waals surface area contributed by atoms with E-state index in [0.717, 1.165) is 25.0 Å². The Morgan fingerprint density at radius 2 is 2.36 bits per heavy atom. The molecule has 0 aliphatic heterocycles. The van der Waals surface area contributed by atoms with E-state index in [4.69, 9.17) is 5.73 Å². The SMILES string of the molecule is C=CCCCCCC(N)c1csnn1. The Hall–Kier alpha value is -0.740. The number of aromatic nitrogens is 2. The molecule has 1 aromatic heterocycles. The third-order valence-electron chi connectivity index (χ3n) is 2.18. The summed E-state index contributed by atoms with van der Waals surface area (Å²) in [6.07, 6.45) is 7.66. The van der Waals surface area contributed by atoms with Crippen LogP contribution in [0.1, 0.15) is 43.8 Å². The fourth-order valence-electron chi connectivity index (χ4n) is 1.31. The first-order chi connectivity index (χ1) is 6.84. The molecule has 0 aliphatic rings. The molecule has 1 unspecified atom stereocenters. The molecule has 1 rings (SSSR count). The minimum atomic E-state index is 0.0671. The molecule has 0 amide bonds. The monoisotopic (exact) mass is 211 g/mol. The topological polar surface area (TPSA) is 51.8 Å². The summed E-state index contributed by atoms with van der Waals surface area (Å²) < 4.78 is 3.80. The molecule has 0 saturated carbocycles. The molecule has 0 radical (unpaired) electrons. The zero-order chi connectivity index (χ0) is 10.2. The number of nitrogens with zero attached hydrogens (tertiary/aromatic N) is 2. The molecule has 1 aromatic rings. The van der Waals surface area contributed by atoms with Crippen LogP contribution in [-0.2, 0) is 0 Å². The Bertz CT molecular complexity index is 246. The van der Waals surface area contributed by atoms with Crippen LogP contribution in [0, 0.1) is 0 Å².